The second-order valence-corrected chi connectivity index (χ2v) is 2.89. The van der Waals surface area contributed by atoms with Crippen molar-refractivity contribution in [3.8, 4) is 0 Å². The molecular formula is C7H13BN2O2. The summed E-state index contributed by atoms with van der Waals surface area (Å²) in [5.74, 6) is -0.348. The summed E-state index contributed by atoms with van der Waals surface area (Å²) in [6.07, 6.45) is 0. The van der Waals surface area contributed by atoms with Crippen molar-refractivity contribution in [3.63, 3.8) is 0 Å². The zero-order valence-corrected chi connectivity index (χ0v) is 7.07. The summed E-state index contributed by atoms with van der Waals surface area (Å²) in [4.78, 5) is 14.4. The summed E-state index contributed by atoms with van der Waals surface area (Å²) in [6, 6.07) is 0. The predicted octanol–water partition coefficient (Wildman–Crippen LogP) is -1.12. The molecule has 0 saturated carbocycles. The summed E-state index contributed by atoms with van der Waals surface area (Å²) in [5.41, 5.74) is 0. The topological polar surface area (TPSA) is 43.8 Å². The second-order valence-electron chi connectivity index (χ2n) is 2.89. The molecule has 1 N–H and O–H groups in total. The number of piperazine rings is 1. The van der Waals surface area contributed by atoms with Crippen molar-refractivity contribution in [2.45, 2.75) is 0 Å². The molecule has 0 aromatic heterocycles. The first-order valence-electron chi connectivity index (χ1n) is 4.11. The Bertz CT molecular complexity index is 157. The van der Waals surface area contributed by atoms with E-state index in [9.17, 15) is 4.79 Å². The zero-order chi connectivity index (χ0) is 8.97. The van der Waals surface area contributed by atoms with E-state index in [1.807, 2.05) is 0 Å². The number of carbonyl (C=O) groups excluding carboxylic acids is 1. The van der Waals surface area contributed by atoms with Crippen molar-refractivity contribution in [2.24, 2.45) is 0 Å². The van der Waals surface area contributed by atoms with Gasteiger partial charge in [-0.3, -0.25) is 9.69 Å². The Morgan fingerprint density at radius 2 is 1.92 bits per heavy atom. The molecule has 0 spiro atoms. The summed E-state index contributed by atoms with van der Waals surface area (Å²) < 4.78 is 0. The zero-order valence-electron chi connectivity index (χ0n) is 7.07. The molecule has 0 unspecified atom stereocenters. The van der Waals surface area contributed by atoms with Gasteiger partial charge >= 0.3 is 0 Å². The molecule has 4 nitrogen and oxygen atoms in total. The molecule has 0 bridgehead atoms. The van der Waals surface area contributed by atoms with Gasteiger partial charge in [0.15, 0.2) is 5.81 Å². The number of carbonyl (C=O) groups is 1. The van der Waals surface area contributed by atoms with Gasteiger partial charge in [-0.05, 0) is 0 Å². The minimum absolute atomic E-state index is 0.177. The van der Waals surface area contributed by atoms with Gasteiger partial charge in [-0.25, -0.2) is 0 Å². The number of hydrogen-bond donors (Lipinski definition) is 1. The highest BCUT2D eigenvalue weighted by atomic mass is 16.3. The highest BCUT2D eigenvalue weighted by Gasteiger charge is 2.16. The lowest BCUT2D eigenvalue weighted by Gasteiger charge is -2.34. The number of nitrogens with zero attached hydrogens (tertiary/aromatic N) is 2. The molecule has 1 rings (SSSR count). The third-order valence-electron chi connectivity index (χ3n) is 2.10. The third-order valence-corrected chi connectivity index (χ3v) is 2.10. The number of amides is 1. The minimum atomic E-state index is -0.348. The number of aliphatic hydroxyl groups is 1. The Kier molecular flexibility index (Phi) is 3.56. The summed E-state index contributed by atoms with van der Waals surface area (Å²) in [6.45, 7) is 3.83. The number of β-amino-alcohol motifs (C(OH)–C–C–N with tert-alkyl or cyclic N) is 1. The first kappa shape index (κ1) is 9.54. The Morgan fingerprint density at radius 1 is 1.33 bits per heavy atom. The van der Waals surface area contributed by atoms with Crippen molar-refractivity contribution in [1.82, 2.24) is 9.80 Å². The van der Waals surface area contributed by atoms with Gasteiger partial charge in [0.05, 0.1) is 6.61 Å². The maximum absolute atomic E-state index is 10.7. The molecule has 12 heavy (non-hydrogen) atoms. The molecule has 0 aromatic rings. The molecule has 0 atom stereocenters. The van der Waals surface area contributed by atoms with Crippen LogP contribution in [0.15, 0.2) is 0 Å². The standard InChI is InChI=1S/C7H13BN2O2/c8-7(12)10-3-1-9(2-4-10)5-6-11/h11H,1-6H2. The van der Waals surface area contributed by atoms with Crippen LogP contribution >= 0.6 is 0 Å². The van der Waals surface area contributed by atoms with Crippen LogP contribution in [-0.4, -0.2) is 67.9 Å². The molecule has 0 aliphatic carbocycles. The van der Waals surface area contributed by atoms with Crippen LogP contribution in [0.5, 0.6) is 0 Å². The normalized spacial score (nSPS) is 19.6. The molecule has 2 radical (unpaired) electrons. The molecule has 1 amide bonds. The lowest BCUT2D eigenvalue weighted by Crippen LogP contribution is -2.49. The van der Waals surface area contributed by atoms with Gasteiger partial charge in [0.1, 0.15) is 0 Å². The van der Waals surface area contributed by atoms with Gasteiger partial charge in [0.2, 0.25) is 7.85 Å². The van der Waals surface area contributed by atoms with E-state index < -0.39 is 0 Å². The largest absolute Gasteiger partial charge is 0.395 e. The van der Waals surface area contributed by atoms with E-state index in [-0.39, 0.29) is 12.4 Å². The van der Waals surface area contributed by atoms with Crippen molar-refractivity contribution >= 4 is 13.7 Å². The van der Waals surface area contributed by atoms with Crippen molar-refractivity contribution in [3.05, 3.63) is 0 Å². The highest BCUT2D eigenvalue weighted by molar-refractivity contribution is 6.56. The van der Waals surface area contributed by atoms with Crippen molar-refractivity contribution in [2.75, 3.05) is 39.3 Å². The van der Waals surface area contributed by atoms with E-state index in [2.05, 4.69) is 4.90 Å². The Balaban J connectivity index is 2.25. The van der Waals surface area contributed by atoms with Crippen molar-refractivity contribution in [1.29, 1.82) is 0 Å². The van der Waals surface area contributed by atoms with Crippen LogP contribution in [0.3, 0.4) is 0 Å². The van der Waals surface area contributed by atoms with Crippen LogP contribution in [0.2, 0.25) is 0 Å². The van der Waals surface area contributed by atoms with E-state index >= 15 is 0 Å². The lowest BCUT2D eigenvalue weighted by atomic mass is 10.1. The number of hydrogen-bond acceptors (Lipinski definition) is 3. The van der Waals surface area contributed by atoms with Gasteiger partial charge in [-0.2, -0.15) is 0 Å². The van der Waals surface area contributed by atoms with Crippen LogP contribution in [0.4, 0.5) is 4.79 Å². The maximum atomic E-state index is 10.7. The monoisotopic (exact) mass is 168 g/mol. The smallest absolute Gasteiger partial charge is 0.200 e. The van der Waals surface area contributed by atoms with E-state index in [0.717, 1.165) is 13.1 Å². The van der Waals surface area contributed by atoms with E-state index in [1.165, 1.54) is 0 Å². The van der Waals surface area contributed by atoms with Gasteiger partial charge in [0.25, 0.3) is 0 Å². The van der Waals surface area contributed by atoms with Crippen molar-refractivity contribution < 1.29 is 9.90 Å². The average Bonchev–Trinajstić information content (AvgIpc) is 2.06. The minimum Gasteiger partial charge on any atom is -0.395 e. The van der Waals surface area contributed by atoms with E-state index in [0.29, 0.717) is 19.6 Å². The average molecular weight is 168 g/mol. The SMILES string of the molecule is [B]C(=O)N1CCN(CCO)CC1. The summed E-state index contributed by atoms with van der Waals surface area (Å²) in [7, 11) is 5.11. The lowest BCUT2D eigenvalue weighted by molar-refractivity contribution is 0.131. The number of aliphatic hydroxyl groups excluding tert-OH is 1. The van der Waals surface area contributed by atoms with E-state index in [1.54, 1.807) is 4.90 Å². The second kappa shape index (κ2) is 4.47. The molecule has 5 heteroatoms. The van der Waals surface area contributed by atoms with Crippen LogP contribution in [0, 0.1) is 0 Å². The van der Waals surface area contributed by atoms with Gasteiger partial charge in [0, 0.05) is 32.7 Å². The fourth-order valence-corrected chi connectivity index (χ4v) is 1.33. The quantitative estimate of drug-likeness (QED) is 0.531. The number of rotatable bonds is 2. The molecule has 1 heterocycles. The van der Waals surface area contributed by atoms with Gasteiger partial charge in [-0.15, -0.1) is 0 Å². The fourth-order valence-electron chi connectivity index (χ4n) is 1.33. The van der Waals surface area contributed by atoms with Crippen LogP contribution in [0.25, 0.3) is 0 Å². The molecule has 0 aromatic carbocycles. The Morgan fingerprint density at radius 3 is 2.33 bits per heavy atom. The molecule has 66 valence electrons. The highest BCUT2D eigenvalue weighted by Crippen LogP contribution is 2.00. The summed E-state index contributed by atoms with van der Waals surface area (Å²) >= 11 is 0. The van der Waals surface area contributed by atoms with Crippen LogP contribution in [-0.2, 0) is 0 Å². The molecule has 1 aliphatic rings. The van der Waals surface area contributed by atoms with Crippen LogP contribution < -0.4 is 0 Å². The van der Waals surface area contributed by atoms with Crippen LogP contribution in [0.1, 0.15) is 0 Å². The van der Waals surface area contributed by atoms with E-state index in [4.69, 9.17) is 13.0 Å². The predicted molar refractivity (Wildman–Crippen MR) is 46.2 cm³/mol. The molecule has 1 aliphatic heterocycles. The fraction of sp³-hybridized carbons (Fsp3) is 0.857. The molecular weight excluding hydrogens is 155 g/mol. The van der Waals surface area contributed by atoms with Gasteiger partial charge < -0.3 is 10.0 Å². The maximum Gasteiger partial charge on any atom is 0.200 e. The van der Waals surface area contributed by atoms with Gasteiger partial charge in [-0.1, -0.05) is 0 Å². The first-order chi connectivity index (χ1) is 5.74. The first-order valence-corrected chi connectivity index (χ1v) is 4.11. The Hall–Kier alpha value is -0.545. The molecule has 1 fully saturated rings. The molecule has 1 saturated heterocycles. The Labute approximate surface area is 73.6 Å². The summed E-state index contributed by atoms with van der Waals surface area (Å²) in [5, 5.41) is 8.65. The third kappa shape index (κ3) is 2.50.